The molecule has 0 saturated heterocycles. The summed E-state index contributed by atoms with van der Waals surface area (Å²) in [5.41, 5.74) is 1.25. The first-order chi connectivity index (χ1) is 9.69. The Balaban J connectivity index is 2.02. The molecule has 98 valence electrons. The molecule has 2 aromatic rings. The summed E-state index contributed by atoms with van der Waals surface area (Å²) in [5, 5.41) is 9.23. The van der Waals surface area contributed by atoms with Crippen molar-refractivity contribution in [1.82, 2.24) is 0 Å². The lowest BCUT2D eigenvalue weighted by atomic mass is 10.2. The molecule has 0 bridgehead atoms. The number of carbonyl (C=O) groups is 1. The summed E-state index contributed by atoms with van der Waals surface area (Å²) in [6, 6.07) is 15.5. The maximum absolute atomic E-state index is 11.6. The first-order valence-corrected chi connectivity index (χ1v) is 6.21. The third kappa shape index (κ3) is 3.71. The van der Waals surface area contributed by atoms with Crippen LogP contribution in [0.5, 0.6) is 5.75 Å². The van der Waals surface area contributed by atoms with Gasteiger partial charge in [-0.25, -0.2) is 4.79 Å². The molecule has 20 heavy (non-hydrogen) atoms. The lowest BCUT2D eigenvalue weighted by molar-refractivity contribution is -0.128. The van der Waals surface area contributed by atoms with Gasteiger partial charge in [-0.2, -0.15) is 5.26 Å². The Kier molecular flexibility index (Phi) is 4.54. The Hall–Kier alpha value is -2.57. The van der Waals surface area contributed by atoms with Crippen LogP contribution in [-0.2, 0) is 4.79 Å². The molecule has 2 aromatic carbocycles. The number of benzene rings is 2. The smallest absolute Gasteiger partial charge is 0.336 e. The minimum Gasteiger partial charge on any atom is -0.423 e. The van der Waals surface area contributed by atoms with Crippen molar-refractivity contribution < 1.29 is 9.53 Å². The number of carbonyl (C=O) groups excluding carboxylic acids is 1. The molecular formula is C16H10ClNO2. The summed E-state index contributed by atoms with van der Waals surface area (Å²) in [6.07, 6.45) is 2.90. The largest absolute Gasteiger partial charge is 0.423 e. The van der Waals surface area contributed by atoms with Gasteiger partial charge in [-0.15, -0.1) is 0 Å². The number of esters is 1. The van der Waals surface area contributed by atoms with Crippen LogP contribution in [0.2, 0.25) is 5.02 Å². The van der Waals surface area contributed by atoms with Crippen LogP contribution in [0.3, 0.4) is 0 Å². The molecule has 3 nitrogen and oxygen atoms in total. The van der Waals surface area contributed by atoms with Gasteiger partial charge in [-0.3, -0.25) is 0 Å². The van der Waals surface area contributed by atoms with E-state index in [2.05, 4.69) is 0 Å². The molecule has 0 aromatic heterocycles. The standard InChI is InChI=1S/C16H10ClNO2/c17-15-4-2-1-3-13(15)7-10-16(19)20-14-8-5-12(11-18)6-9-14/h1-10H/b10-7+. The van der Waals surface area contributed by atoms with E-state index in [0.717, 1.165) is 5.56 Å². The summed E-state index contributed by atoms with van der Waals surface area (Å²) < 4.78 is 5.10. The Bertz CT molecular complexity index is 684. The van der Waals surface area contributed by atoms with Crippen molar-refractivity contribution in [2.45, 2.75) is 0 Å². The van der Waals surface area contributed by atoms with E-state index in [0.29, 0.717) is 16.3 Å². The van der Waals surface area contributed by atoms with Crippen molar-refractivity contribution >= 4 is 23.6 Å². The van der Waals surface area contributed by atoms with Crippen LogP contribution in [0.25, 0.3) is 6.08 Å². The zero-order valence-electron chi connectivity index (χ0n) is 10.4. The minimum atomic E-state index is -0.505. The summed E-state index contributed by atoms with van der Waals surface area (Å²) in [6.45, 7) is 0. The minimum absolute atomic E-state index is 0.387. The van der Waals surface area contributed by atoms with Gasteiger partial charge < -0.3 is 4.74 Å². The molecule has 4 heteroatoms. The topological polar surface area (TPSA) is 50.1 Å². The highest BCUT2D eigenvalue weighted by atomic mass is 35.5. The quantitative estimate of drug-likeness (QED) is 0.489. The Morgan fingerprint density at radius 3 is 2.50 bits per heavy atom. The predicted molar refractivity (Wildman–Crippen MR) is 77.3 cm³/mol. The number of ether oxygens (including phenoxy) is 1. The maximum atomic E-state index is 11.6. The van der Waals surface area contributed by atoms with Crippen LogP contribution >= 0.6 is 11.6 Å². The molecule has 0 aliphatic carbocycles. The molecule has 0 aliphatic rings. The monoisotopic (exact) mass is 283 g/mol. The van der Waals surface area contributed by atoms with Gasteiger partial charge in [0.05, 0.1) is 11.6 Å². The van der Waals surface area contributed by atoms with Crippen LogP contribution < -0.4 is 4.74 Å². The van der Waals surface area contributed by atoms with Gasteiger partial charge in [0.1, 0.15) is 5.75 Å². The van der Waals surface area contributed by atoms with Gasteiger partial charge in [-0.05, 0) is 42.0 Å². The average Bonchev–Trinajstić information content (AvgIpc) is 2.47. The second-order valence-electron chi connectivity index (χ2n) is 3.91. The van der Waals surface area contributed by atoms with E-state index in [1.807, 2.05) is 18.2 Å². The van der Waals surface area contributed by atoms with E-state index in [1.165, 1.54) is 6.08 Å². The van der Waals surface area contributed by atoms with Gasteiger partial charge in [0.2, 0.25) is 0 Å². The number of nitriles is 1. The van der Waals surface area contributed by atoms with Gasteiger partial charge in [-0.1, -0.05) is 29.8 Å². The molecule has 0 saturated carbocycles. The van der Waals surface area contributed by atoms with E-state index in [4.69, 9.17) is 21.6 Å². The molecule has 0 fully saturated rings. The number of hydrogen-bond donors (Lipinski definition) is 0. The SMILES string of the molecule is N#Cc1ccc(OC(=O)/C=C/c2ccccc2Cl)cc1. The summed E-state index contributed by atoms with van der Waals surface area (Å²) in [5.74, 6) is -0.118. The van der Waals surface area contributed by atoms with Crippen LogP contribution in [-0.4, -0.2) is 5.97 Å². The van der Waals surface area contributed by atoms with Crippen molar-refractivity contribution in [3.8, 4) is 11.8 Å². The second-order valence-corrected chi connectivity index (χ2v) is 4.32. The van der Waals surface area contributed by atoms with Crippen molar-refractivity contribution in [3.63, 3.8) is 0 Å². The van der Waals surface area contributed by atoms with Crippen LogP contribution in [0.1, 0.15) is 11.1 Å². The van der Waals surface area contributed by atoms with Crippen LogP contribution in [0.15, 0.2) is 54.6 Å². The van der Waals surface area contributed by atoms with E-state index >= 15 is 0 Å². The highest BCUT2D eigenvalue weighted by Crippen LogP contribution is 2.17. The summed E-state index contributed by atoms with van der Waals surface area (Å²) >= 11 is 5.97. The number of hydrogen-bond acceptors (Lipinski definition) is 3. The second kappa shape index (κ2) is 6.55. The third-order valence-corrected chi connectivity index (χ3v) is 2.85. The first kappa shape index (κ1) is 13.9. The summed E-state index contributed by atoms with van der Waals surface area (Å²) in [7, 11) is 0. The lowest BCUT2D eigenvalue weighted by Crippen LogP contribution is -2.03. The van der Waals surface area contributed by atoms with Crippen molar-refractivity contribution in [3.05, 3.63) is 70.8 Å². The van der Waals surface area contributed by atoms with Gasteiger partial charge >= 0.3 is 5.97 Å². The number of halogens is 1. The first-order valence-electron chi connectivity index (χ1n) is 5.83. The van der Waals surface area contributed by atoms with Crippen molar-refractivity contribution in [2.75, 3.05) is 0 Å². The number of rotatable bonds is 3. The normalized spacial score (nSPS) is 10.2. The maximum Gasteiger partial charge on any atom is 0.336 e. The lowest BCUT2D eigenvalue weighted by Gasteiger charge is -2.01. The Morgan fingerprint density at radius 2 is 1.85 bits per heavy atom. The molecule has 0 heterocycles. The van der Waals surface area contributed by atoms with Gasteiger partial charge in [0, 0.05) is 11.1 Å². The third-order valence-electron chi connectivity index (χ3n) is 2.51. The van der Waals surface area contributed by atoms with E-state index in [9.17, 15) is 4.79 Å². The number of nitrogens with zero attached hydrogens (tertiary/aromatic N) is 1. The predicted octanol–water partition coefficient (Wildman–Crippen LogP) is 3.83. The molecule has 0 radical (unpaired) electrons. The highest BCUT2D eigenvalue weighted by molar-refractivity contribution is 6.32. The van der Waals surface area contributed by atoms with Crippen LogP contribution in [0, 0.1) is 11.3 Å². The molecule has 0 unspecified atom stereocenters. The zero-order valence-corrected chi connectivity index (χ0v) is 11.2. The van der Waals surface area contributed by atoms with E-state index < -0.39 is 5.97 Å². The summed E-state index contributed by atoms with van der Waals surface area (Å²) in [4.78, 5) is 11.6. The van der Waals surface area contributed by atoms with Gasteiger partial charge in [0.25, 0.3) is 0 Å². The molecule has 0 amide bonds. The van der Waals surface area contributed by atoms with E-state index in [-0.39, 0.29) is 0 Å². The Labute approximate surface area is 121 Å². The Morgan fingerprint density at radius 1 is 1.15 bits per heavy atom. The van der Waals surface area contributed by atoms with Gasteiger partial charge in [0.15, 0.2) is 0 Å². The fourth-order valence-electron chi connectivity index (χ4n) is 1.52. The fourth-order valence-corrected chi connectivity index (χ4v) is 1.71. The molecule has 2 rings (SSSR count). The molecular weight excluding hydrogens is 274 g/mol. The molecule has 0 N–H and O–H groups in total. The molecule has 0 atom stereocenters. The van der Waals surface area contributed by atoms with E-state index in [1.54, 1.807) is 42.5 Å². The molecule has 0 aliphatic heterocycles. The highest BCUT2D eigenvalue weighted by Gasteiger charge is 2.01. The fraction of sp³-hybridized carbons (Fsp3) is 0. The van der Waals surface area contributed by atoms with Crippen molar-refractivity contribution in [2.24, 2.45) is 0 Å². The average molecular weight is 284 g/mol. The van der Waals surface area contributed by atoms with Crippen molar-refractivity contribution in [1.29, 1.82) is 5.26 Å². The molecule has 0 spiro atoms. The van der Waals surface area contributed by atoms with Crippen LogP contribution in [0.4, 0.5) is 0 Å². The zero-order chi connectivity index (χ0) is 14.4.